The van der Waals surface area contributed by atoms with Crippen molar-refractivity contribution in [2.45, 2.75) is 82.3 Å². The maximum Gasteiger partial charge on any atom is 0.508 e. The summed E-state index contributed by atoms with van der Waals surface area (Å²) in [4.78, 5) is 40.8. The Bertz CT molecular complexity index is 1670. The summed E-state index contributed by atoms with van der Waals surface area (Å²) in [7, 11) is -2.56. The van der Waals surface area contributed by atoms with Crippen LogP contribution in [0.4, 0.5) is 16.3 Å². The summed E-state index contributed by atoms with van der Waals surface area (Å²) >= 11 is 0. The van der Waals surface area contributed by atoms with Crippen molar-refractivity contribution in [2.75, 3.05) is 30.9 Å². The maximum absolute atomic E-state index is 12.4. The zero-order chi connectivity index (χ0) is 36.9. The molecule has 0 saturated heterocycles. The molecule has 1 heterocycles. The van der Waals surface area contributed by atoms with Crippen molar-refractivity contribution in [2.24, 2.45) is 5.10 Å². The Kier molecular flexibility index (Phi) is 17.4. The van der Waals surface area contributed by atoms with E-state index in [1.54, 1.807) is 12.1 Å². The molecule has 5 N–H and O–H groups in total. The molecule has 0 fully saturated rings. The molecule has 2 aromatic carbocycles. The van der Waals surface area contributed by atoms with E-state index in [4.69, 9.17) is 9.47 Å². The van der Waals surface area contributed by atoms with Crippen LogP contribution in [0.1, 0.15) is 86.2 Å². The third-order valence-electron chi connectivity index (χ3n) is 7.76. The van der Waals surface area contributed by atoms with Gasteiger partial charge in [0.2, 0.25) is 5.91 Å². The molecule has 0 aliphatic carbocycles. The van der Waals surface area contributed by atoms with Crippen molar-refractivity contribution in [1.29, 1.82) is 0 Å². The molecule has 0 spiro atoms. The number of hydrogen-bond acceptors (Lipinski definition) is 11. The number of benzene rings is 2. The average molecular weight is 725 g/mol. The van der Waals surface area contributed by atoms with Crippen molar-refractivity contribution in [1.82, 2.24) is 15.6 Å². The normalized spacial score (nSPS) is 11.8. The van der Waals surface area contributed by atoms with Gasteiger partial charge < -0.3 is 25.4 Å². The van der Waals surface area contributed by atoms with Gasteiger partial charge in [-0.25, -0.2) is 9.78 Å². The van der Waals surface area contributed by atoms with Crippen LogP contribution in [-0.4, -0.2) is 68.4 Å². The SMILES string of the molecule is CCCCC(CCCCCCC(=O)NCCNC(=O)c1ccc(N/N=C\c2ccccc2S(=O)(=O)O)nc1)OC(=O)OCc1ccc(NC)cc1. The second kappa shape index (κ2) is 21.9. The molecule has 14 nitrogen and oxygen atoms in total. The number of pyridine rings is 1. The number of nitrogens with zero attached hydrogens (tertiary/aromatic N) is 2. The van der Waals surface area contributed by atoms with E-state index in [2.05, 4.69) is 38.4 Å². The largest absolute Gasteiger partial charge is 0.508 e. The summed E-state index contributed by atoms with van der Waals surface area (Å²) in [5.41, 5.74) is 5.00. The zero-order valence-electron chi connectivity index (χ0n) is 29.1. The van der Waals surface area contributed by atoms with Gasteiger partial charge in [-0.2, -0.15) is 13.5 Å². The van der Waals surface area contributed by atoms with Crippen LogP contribution in [0.5, 0.6) is 0 Å². The van der Waals surface area contributed by atoms with Gasteiger partial charge in [-0.1, -0.05) is 62.9 Å². The van der Waals surface area contributed by atoms with E-state index in [0.717, 1.165) is 62.6 Å². The molecule has 1 unspecified atom stereocenters. The number of nitrogens with one attached hydrogen (secondary N) is 4. The lowest BCUT2D eigenvalue weighted by molar-refractivity contribution is -0.121. The quantitative estimate of drug-likeness (QED) is 0.0271. The molecule has 0 bridgehead atoms. The fourth-order valence-corrected chi connectivity index (χ4v) is 5.61. The van der Waals surface area contributed by atoms with Gasteiger partial charge in [-0.3, -0.25) is 19.6 Å². The molecular formula is C36H48N6O8S. The van der Waals surface area contributed by atoms with E-state index < -0.39 is 16.3 Å². The second-order valence-electron chi connectivity index (χ2n) is 11.7. The van der Waals surface area contributed by atoms with E-state index in [0.29, 0.717) is 17.8 Å². The Labute approximate surface area is 299 Å². The Balaban J connectivity index is 1.25. The molecule has 3 aromatic rings. The number of hydrogen-bond donors (Lipinski definition) is 5. The van der Waals surface area contributed by atoms with Crippen molar-refractivity contribution in [3.05, 3.63) is 83.6 Å². The lowest BCUT2D eigenvalue weighted by atomic mass is 10.0. The zero-order valence-corrected chi connectivity index (χ0v) is 29.9. The predicted molar refractivity (Wildman–Crippen MR) is 195 cm³/mol. The highest BCUT2D eigenvalue weighted by molar-refractivity contribution is 7.86. The highest BCUT2D eigenvalue weighted by atomic mass is 32.2. The fourth-order valence-electron chi connectivity index (χ4n) is 4.94. The molecule has 2 amide bonds. The number of amides is 2. The minimum absolute atomic E-state index is 0.0893. The molecule has 276 valence electrons. The van der Waals surface area contributed by atoms with Crippen LogP contribution in [0.3, 0.4) is 0 Å². The lowest BCUT2D eigenvalue weighted by Crippen LogP contribution is -2.34. The fraction of sp³-hybridized carbons (Fsp3) is 0.417. The summed E-state index contributed by atoms with van der Waals surface area (Å²) in [6.45, 7) is 2.78. The first-order valence-electron chi connectivity index (χ1n) is 17.1. The molecule has 3 rings (SSSR count). The van der Waals surface area contributed by atoms with Crippen molar-refractivity contribution < 1.29 is 36.8 Å². The number of anilines is 2. The molecule has 1 aromatic heterocycles. The lowest BCUT2D eigenvalue weighted by Gasteiger charge is -2.17. The van der Waals surface area contributed by atoms with E-state index in [1.165, 1.54) is 36.7 Å². The summed E-state index contributed by atoms with van der Waals surface area (Å²) in [5.74, 6) is -0.136. The van der Waals surface area contributed by atoms with Crippen LogP contribution in [-0.2, 0) is 31.0 Å². The van der Waals surface area contributed by atoms with Crippen LogP contribution in [0.2, 0.25) is 0 Å². The Morgan fingerprint density at radius 2 is 1.65 bits per heavy atom. The number of rotatable bonds is 22. The van der Waals surface area contributed by atoms with E-state index in [-0.39, 0.29) is 48.1 Å². The monoisotopic (exact) mass is 724 g/mol. The Morgan fingerprint density at radius 3 is 2.35 bits per heavy atom. The highest BCUT2D eigenvalue weighted by Gasteiger charge is 2.16. The molecule has 1 atom stereocenters. The number of aromatic nitrogens is 1. The highest BCUT2D eigenvalue weighted by Crippen LogP contribution is 2.17. The Hall–Kier alpha value is -5.02. The molecule has 0 saturated carbocycles. The average Bonchev–Trinajstić information content (AvgIpc) is 3.13. The smallest absolute Gasteiger partial charge is 0.431 e. The molecule has 51 heavy (non-hydrogen) atoms. The molecule has 15 heteroatoms. The van der Waals surface area contributed by atoms with Gasteiger partial charge in [-0.05, 0) is 61.6 Å². The molecular weight excluding hydrogens is 676 g/mol. The summed E-state index contributed by atoms with van der Waals surface area (Å²) < 4.78 is 43.2. The van der Waals surface area contributed by atoms with Gasteiger partial charge in [0.25, 0.3) is 16.0 Å². The van der Waals surface area contributed by atoms with Gasteiger partial charge in [0.15, 0.2) is 0 Å². The first kappa shape index (κ1) is 40.4. The standard InChI is InChI=1S/C36H48N6O8S/c1-3-4-12-31(50-36(45)49-26-27-16-19-30(37-2)20-17-27)13-7-5-6-8-15-34(43)38-22-23-39-35(44)29-18-21-33(40-24-29)42-41-25-28-11-9-10-14-32(28)51(46,47)48/h9-11,14,16-21,24-25,31,37H,3-8,12-13,15,22-23,26H2,1-2H3,(H,38,43)(H,39,44)(H,40,42)(H,46,47,48)/b41-25-. The van der Waals surface area contributed by atoms with Gasteiger partial charge in [-0.15, -0.1) is 0 Å². The number of ether oxygens (including phenoxy) is 2. The summed E-state index contributed by atoms with van der Waals surface area (Å²) in [6.07, 6.45) is 9.02. The van der Waals surface area contributed by atoms with Crippen LogP contribution in [0.15, 0.2) is 76.9 Å². The molecule has 0 radical (unpaired) electrons. The van der Waals surface area contributed by atoms with Crippen molar-refractivity contribution >= 4 is 45.8 Å². The first-order chi connectivity index (χ1) is 24.6. The van der Waals surface area contributed by atoms with Gasteiger partial charge in [0.1, 0.15) is 23.4 Å². The number of hydrazone groups is 1. The molecule has 0 aliphatic heterocycles. The summed E-state index contributed by atoms with van der Waals surface area (Å²) in [6, 6.07) is 16.5. The predicted octanol–water partition coefficient (Wildman–Crippen LogP) is 5.91. The summed E-state index contributed by atoms with van der Waals surface area (Å²) in [5, 5.41) is 12.5. The number of carbonyl (C=O) groups excluding carboxylic acids is 3. The minimum atomic E-state index is -4.40. The molecule has 0 aliphatic rings. The van der Waals surface area contributed by atoms with E-state index in [9.17, 15) is 27.4 Å². The van der Waals surface area contributed by atoms with Crippen molar-refractivity contribution in [3.63, 3.8) is 0 Å². The van der Waals surface area contributed by atoms with Crippen molar-refractivity contribution in [3.8, 4) is 0 Å². The third kappa shape index (κ3) is 15.6. The number of unbranched alkanes of at least 4 members (excludes halogenated alkanes) is 4. The van der Waals surface area contributed by atoms with Crippen LogP contribution >= 0.6 is 0 Å². The van der Waals surface area contributed by atoms with E-state index in [1.807, 2.05) is 31.3 Å². The van der Waals surface area contributed by atoms with E-state index >= 15 is 0 Å². The second-order valence-corrected chi connectivity index (χ2v) is 13.1. The number of carbonyl (C=O) groups is 3. The topological polar surface area (TPSA) is 197 Å². The minimum Gasteiger partial charge on any atom is -0.431 e. The van der Waals surface area contributed by atoms with Gasteiger partial charge >= 0.3 is 6.16 Å². The van der Waals surface area contributed by atoms with Crippen LogP contribution < -0.4 is 21.4 Å². The Morgan fingerprint density at radius 1 is 0.922 bits per heavy atom. The first-order valence-corrected chi connectivity index (χ1v) is 18.5. The maximum atomic E-state index is 12.4. The third-order valence-corrected chi connectivity index (χ3v) is 8.69. The van der Waals surface area contributed by atoms with Crippen LogP contribution in [0, 0.1) is 0 Å². The van der Waals surface area contributed by atoms with Crippen LogP contribution in [0.25, 0.3) is 0 Å². The van der Waals surface area contributed by atoms with Gasteiger partial charge in [0, 0.05) is 44.0 Å². The van der Waals surface area contributed by atoms with Gasteiger partial charge in [0.05, 0.1) is 11.8 Å².